The molecule has 0 aromatic heterocycles. The van der Waals surface area contributed by atoms with Crippen LogP contribution in [-0.2, 0) is 17.8 Å². The number of amides is 2. The Morgan fingerprint density at radius 1 is 1.20 bits per heavy atom. The second-order valence-electron chi connectivity index (χ2n) is 6.03. The van der Waals surface area contributed by atoms with Crippen LogP contribution >= 0.6 is 0 Å². The van der Waals surface area contributed by atoms with E-state index in [0.29, 0.717) is 24.3 Å². The molecule has 2 aromatic carbocycles. The number of carbonyl (C=O) groups excluding carboxylic acids is 2. The molecule has 5 heteroatoms. The Kier molecular flexibility index (Phi) is 5.03. The lowest BCUT2D eigenvalue weighted by atomic mass is 10.1. The first-order valence-electron chi connectivity index (χ1n) is 8.46. The van der Waals surface area contributed by atoms with Crippen molar-refractivity contribution in [3.05, 3.63) is 59.2 Å². The molecule has 0 fully saturated rings. The molecule has 0 bridgehead atoms. The average molecular weight is 338 g/mol. The summed E-state index contributed by atoms with van der Waals surface area (Å²) in [4.78, 5) is 26.1. The molecule has 1 aliphatic heterocycles. The van der Waals surface area contributed by atoms with E-state index in [4.69, 9.17) is 4.74 Å². The van der Waals surface area contributed by atoms with Crippen LogP contribution in [0.4, 0.5) is 5.69 Å². The van der Waals surface area contributed by atoms with Crippen LogP contribution in [0.1, 0.15) is 34.8 Å². The normalized spacial score (nSPS) is 12.6. The fourth-order valence-electron chi connectivity index (χ4n) is 3.06. The first kappa shape index (κ1) is 17.0. The number of rotatable bonds is 5. The van der Waals surface area contributed by atoms with E-state index in [1.165, 1.54) is 0 Å². The molecule has 2 amide bonds. The van der Waals surface area contributed by atoms with Crippen LogP contribution in [0, 0.1) is 0 Å². The van der Waals surface area contributed by atoms with Gasteiger partial charge in [0.2, 0.25) is 5.91 Å². The summed E-state index contributed by atoms with van der Waals surface area (Å²) in [6, 6.07) is 13.1. The molecule has 130 valence electrons. The number of nitrogens with zero attached hydrogens (tertiary/aromatic N) is 1. The number of methoxy groups -OCH3 is 1. The third-order valence-corrected chi connectivity index (χ3v) is 4.43. The van der Waals surface area contributed by atoms with E-state index in [1.807, 2.05) is 24.0 Å². The van der Waals surface area contributed by atoms with E-state index in [1.54, 1.807) is 31.4 Å². The highest BCUT2D eigenvalue weighted by Gasteiger charge is 2.23. The van der Waals surface area contributed by atoms with Crippen molar-refractivity contribution < 1.29 is 14.3 Å². The zero-order valence-corrected chi connectivity index (χ0v) is 14.5. The number of anilines is 1. The van der Waals surface area contributed by atoms with Gasteiger partial charge < -0.3 is 15.0 Å². The fraction of sp³-hybridized carbons (Fsp3) is 0.300. The van der Waals surface area contributed by atoms with Crippen molar-refractivity contribution in [3.8, 4) is 5.75 Å². The predicted molar refractivity (Wildman–Crippen MR) is 97.0 cm³/mol. The maximum Gasteiger partial charge on any atom is 0.251 e. The van der Waals surface area contributed by atoms with Gasteiger partial charge in [-0.15, -0.1) is 0 Å². The number of ether oxygens (including phenoxy) is 1. The molecular weight excluding hydrogens is 316 g/mol. The predicted octanol–water partition coefficient (Wildman–Crippen LogP) is 2.92. The Balaban J connectivity index is 1.66. The maximum atomic E-state index is 12.3. The van der Waals surface area contributed by atoms with E-state index >= 15 is 0 Å². The summed E-state index contributed by atoms with van der Waals surface area (Å²) in [5.41, 5.74) is 3.76. The van der Waals surface area contributed by atoms with Gasteiger partial charge in [-0.05, 0) is 41.8 Å². The molecule has 1 heterocycles. The Morgan fingerprint density at radius 2 is 2.04 bits per heavy atom. The lowest BCUT2D eigenvalue weighted by Crippen LogP contribution is -2.27. The van der Waals surface area contributed by atoms with Gasteiger partial charge in [0.1, 0.15) is 5.75 Å². The summed E-state index contributed by atoms with van der Waals surface area (Å²) >= 11 is 0. The van der Waals surface area contributed by atoms with E-state index in [2.05, 4.69) is 11.4 Å². The molecule has 0 aliphatic carbocycles. The molecule has 0 unspecified atom stereocenters. The second-order valence-corrected chi connectivity index (χ2v) is 6.03. The maximum absolute atomic E-state index is 12.3. The van der Waals surface area contributed by atoms with Crippen LogP contribution in [0.15, 0.2) is 42.5 Å². The van der Waals surface area contributed by atoms with Crippen molar-refractivity contribution >= 4 is 17.5 Å². The van der Waals surface area contributed by atoms with Crippen LogP contribution in [0.25, 0.3) is 0 Å². The number of nitrogens with one attached hydrogen (secondary N) is 1. The van der Waals surface area contributed by atoms with Crippen LogP contribution in [0.2, 0.25) is 0 Å². The molecule has 1 aliphatic rings. The molecule has 25 heavy (non-hydrogen) atoms. The Hall–Kier alpha value is -2.82. The largest absolute Gasteiger partial charge is 0.497 e. The average Bonchev–Trinajstić information content (AvgIpc) is 3.08. The van der Waals surface area contributed by atoms with Crippen LogP contribution in [0.3, 0.4) is 0 Å². The molecule has 0 radical (unpaired) electrons. The topological polar surface area (TPSA) is 58.6 Å². The number of hydrogen-bond donors (Lipinski definition) is 1. The number of carbonyl (C=O) groups is 2. The summed E-state index contributed by atoms with van der Waals surface area (Å²) in [5, 5.41) is 2.93. The van der Waals surface area contributed by atoms with E-state index in [-0.39, 0.29) is 11.8 Å². The summed E-state index contributed by atoms with van der Waals surface area (Å²) in [7, 11) is 1.58. The highest BCUT2D eigenvalue weighted by Crippen LogP contribution is 2.29. The van der Waals surface area contributed by atoms with Crippen molar-refractivity contribution in [2.45, 2.75) is 26.3 Å². The van der Waals surface area contributed by atoms with Gasteiger partial charge in [0.15, 0.2) is 0 Å². The van der Waals surface area contributed by atoms with Gasteiger partial charge in [0.25, 0.3) is 5.91 Å². The molecule has 0 spiro atoms. The molecule has 3 rings (SSSR count). The molecule has 2 aromatic rings. The lowest BCUT2D eigenvalue weighted by Gasteiger charge is -2.16. The van der Waals surface area contributed by atoms with E-state index in [9.17, 15) is 9.59 Å². The first-order chi connectivity index (χ1) is 12.1. The minimum atomic E-state index is -0.137. The van der Waals surface area contributed by atoms with Crippen LogP contribution in [0.5, 0.6) is 5.75 Å². The zero-order valence-electron chi connectivity index (χ0n) is 14.5. The Labute approximate surface area is 147 Å². The highest BCUT2D eigenvalue weighted by molar-refractivity contribution is 5.95. The molecule has 0 saturated heterocycles. The number of hydrogen-bond acceptors (Lipinski definition) is 3. The monoisotopic (exact) mass is 338 g/mol. The summed E-state index contributed by atoms with van der Waals surface area (Å²) in [6.45, 7) is 3.06. The lowest BCUT2D eigenvalue weighted by molar-refractivity contribution is -0.118. The summed E-state index contributed by atoms with van der Waals surface area (Å²) in [6.07, 6.45) is 1.37. The SMILES string of the molecule is CCC(=O)N1CCc2cc(CNC(=O)c3cccc(OC)c3)ccc21. The smallest absolute Gasteiger partial charge is 0.251 e. The molecule has 1 N–H and O–H groups in total. The Morgan fingerprint density at radius 3 is 2.80 bits per heavy atom. The quantitative estimate of drug-likeness (QED) is 0.912. The van der Waals surface area contributed by atoms with Crippen molar-refractivity contribution in [1.82, 2.24) is 5.32 Å². The number of fused-ring (bicyclic) bond motifs is 1. The van der Waals surface area contributed by atoms with Crippen molar-refractivity contribution in [2.75, 3.05) is 18.6 Å². The zero-order chi connectivity index (χ0) is 17.8. The van der Waals surface area contributed by atoms with Gasteiger partial charge in [0.05, 0.1) is 7.11 Å². The summed E-state index contributed by atoms with van der Waals surface area (Å²) < 4.78 is 5.14. The van der Waals surface area contributed by atoms with E-state index in [0.717, 1.165) is 29.8 Å². The minimum absolute atomic E-state index is 0.137. The molecule has 0 atom stereocenters. The van der Waals surface area contributed by atoms with Gasteiger partial charge in [-0.1, -0.05) is 25.1 Å². The van der Waals surface area contributed by atoms with Gasteiger partial charge in [-0.25, -0.2) is 0 Å². The molecular formula is C20H22N2O3. The van der Waals surface area contributed by atoms with E-state index < -0.39 is 0 Å². The molecule has 5 nitrogen and oxygen atoms in total. The second kappa shape index (κ2) is 7.38. The van der Waals surface area contributed by atoms with Crippen LogP contribution in [-0.4, -0.2) is 25.5 Å². The third-order valence-electron chi connectivity index (χ3n) is 4.43. The van der Waals surface area contributed by atoms with Gasteiger partial charge in [-0.3, -0.25) is 9.59 Å². The van der Waals surface area contributed by atoms with Crippen molar-refractivity contribution in [3.63, 3.8) is 0 Å². The van der Waals surface area contributed by atoms with Gasteiger partial charge >= 0.3 is 0 Å². The van der Waals surface area contributed by atoms with Crippen molar-refractivity contribution in [2.24, 2.45) is 0 Å². The fourth-order valence-corrected chi connectivity index (χ4v) is 3.06. The van der Waals surface area contributed by atoms with Gasteiger partial charge in [-0.2, -0.15) is 0 Å². The van der Waals surface area contributed by atoms with Crippen molar-refractivity contribution in [1.29, 1.82) is 0 Å². The standard InChI is InChI=1S/C20H22N2O3/c1-3-19(23)22-10-9-15-11-14(7-8-18(15)22)13-21-20(24)16-5-4-6-17(12-16)25-2/h4-8,11-12H,3,9-10,13H2,1-2H3,(H,21,24). The number of benzene rings is 2. The summed E-state index contributed by atoms with van der Waals surface area (Å²) in [5.74, 6) is 0.672. The van der Waals surface area contributed by atoms with Crippen LogP contribution < -0.4 is 15.0 Å². The minimum Gasteiger partial charge on any atom is -0.497 e. The third kappa shape index (κ3) is 3.65. The highest BCUT2D eigenvalue weighted by atomic mass is 16.5. The Bertz CT molecular complexity index is 801. The van der Waals surface area contributed by atoms with Gasteiger partial charge in [0, 0.05) is 30.8 Å². The first-order valence-corrected chi connectivity index (χ1v) is 8.46. The molecule has 0 saturated carbocycles.